The lowest BCUT2D eigenvalue weighted by atomic mass is 9.88. The molecule has 1 N–H and O–H groups in total. The summed E-state index contributed by atoms with van der Waals surface area (Å²) in [6, 6.07) is 7.61. The van der Waals surface area contributed by atoms with Gasteiger partial charge in [0.25, 0.3) is 0 Å². The van der Waals surface area contributed by atoms with Crippen LogP contribution in [0.25, 0.3) is 0 Å². The van der Waals surface area contributed by atoms with E-state index >= 15 is 0 Å². The number of hydrogen-bond acceptors (Lipinski definition) is 3. The number of nitrogens with zero attached hydrogens (tertiary/aromatic N) is 1. The topological polar surface area (TPSA) is 49.8 Å². The van der Waals surface area contributed by atoms with Gasteiger partial charge in [-0.25, -0.2) is 4.79 Å². The number of ether oxygens (including phenoxy) is 1. The molecule has 1 fully saturated rings. The van der Waals surface area contributed by atoms with Crippen molar-refractivity contribution in [3.63, 3.8) is 0 Å². The van der Waals surface area contributed by atoms with Crippen molar-refractivity contribution < 1.29 is 14.6 Å². The third-order valence-electron chi connectivity index (χ3n) is 3.41. The molecule has 1 aromatic carbocycles. The fraction of sp³-hybridized carbons (Fsp3) is 0.500. The molecule has 0 unspecified atom stereocenters. The predicted octanol–water partition coefficient (Wildman–Crippen LogP) is 2.24. The Balaban J connectivity index is 2.02. The minimum atomic E-state index is -0.950. The Bertz CT molecular complexity index is 425. The molecule has 1 heterocycles. The summed E-state index contributed by atoms with van der Waals surface area (Å²) in [6.07, 6.45) is 0. The SMILES string of the molecule is CC(C)C1CN(c2ccccc2OCC(=O)O)C1. The number of anilines is 1. The van der Waals surface area contributed by atoms with Crippen molar-refractivity contribution in [2.24, 2.45) is 11.8 Å². The number of carbonyl (C=O) groups is 1. The van der Waals surface area contributed by atoms with E-state index in [9.17, 15) is 4.79 Å². The molecular weight excluding hydrogens is 230 g/mol. The Morgan fingerprint density at radius 2 is 2.11 bits per heavy atom. The number of para-hydroxylation sites is 2. The van der Waals surface area contributed by atoms with E-state index in [1.54, 1.807) is 0 Å². The summed E-state index contributed by atoms with van der Waals surface area (Å²) in [5.74, 6) is 1.11. The van der Waals surface area contributed by atoms with Crippen molar-refractivity contribution in [2.75, 3.05) is 24.6 Å². The number of carboxylic acid groups (broad SMARTS) is 1. The molecule has 0 saturated carbocycles. The van der Waals surface area contributed by atoms with Crippen molar-refractivity contribution >= 4 is 11.7 Å². The zero-order valence-electron chi connectivity index (χ0n) is 10.8. The van der Waals surface area contributed by atoms with E-state index < -0.39 is 5.97 Å². The summed E-state index contributed by atoms with van der Waals surface area (Å²) in [4.78, 5) is 12.8. The average molecular weight is 249 g/mol. The summed E-state index contributed by atoms with van der Waals surface area (Å²) >= 11 is 0. The molecule has 1 aliphatic heterocycles. The molecule has 4 heteroatoms. The molecule has 2 rings (SSSR count). The molecule has 0 spiro atoms. The van der Waals surface area contributed by atoms with Crippen molar-refractivity contribution in [3.8, 4) is 5.75 Å². The van der Waals surface area contributed by atoms with E-state index in [1.165, 1.54) is 0 Å². The molecule has 0 bridgehead atoms. The highest BCUT2D eigenvalue weighted by molar-refractivity contribution is 5.69. The average Bonchev–Trinajstić information content (AvgIpc) is 2.25. The van der Waals surface area contributed by atoms with E-state index in [2.05, 4.69) is 18.7 Å². The van der Waals surface area contributed by atoms with E-state index in [1.807, 2.05) is 24.3 Å². The highest BCUT2D eigenvalue weighted by Crippen LogP contribution is 2.35. The van der Waals surface area contributed by atoms with Crippen LogP contribution in [-0.4, -0.2) is 30.8 Å². The van der Waals surface area contributed by atoms with E-state index in [0.29, 0.717) is 11.7 Å². The van der Waals surface area contributed by atoms with E-state index in [4.69, 9.17) is 9.84 Å². The maximum atomic E-state index is 10.5. The first-order valence-corrected chi connectivity index (χ1v) is 6.26. The zero-order valence-corrected chi connectivity index (χ0v) is 10.8. The van der Waals surface area contributed by atoms with E-state index in [-0.39, 0.29) is 6.61 Å². The van der Waals surface area contributed by atoms with Gasteiger partial charge in [0.05, 0.1) is 5.69 Å². The molecule has 0 radical (unpaired) electrons. The Labute approximate surface area is 107 Å². The van der Waals surface area contributed by atoms with Crippen LogP contribution in [0.5, 0.6) is 5.75 Å². The van der Waals surface area contributed by atoms with Crippen LogP contribution in [0.3, 0.4) is 0 Å². The zero-order chi connectivity index (χ0) is 13.1. The monoisotopic (exact) mass is 249 g/mol. The van der Waals surface area contributed by atoms with Gasteiger partial charge in [0.2, 0.25) is 0 Å². The molecule has 0 aromatic heterocycles. The Morgan fingerprint density at radius 1 is 1.44 bits per heavy atom. The number of hydrogen-bond donors (Lipinski definition) is 1. The van der Waals surface area contributed by atoms with Crippen molar-refractivity contribution in [1.82, 2.24) is 0 Å². The minimum Gasteiger partial charge on any atom is -0.480 e. The maximum absolute atomic E-state index is 10.5. The van der Waals surface area contributed by atoms with Crippen molar-refractivity contribution in [2.45, 2.75) is 13.8 Å². The molecule has 1 saturated heterocycles. The van der Waals surface area contributed by atoms with Crippen LogP contribution in [0.1, 0.15) is 13.8 Å². The van der Waals surface area contributed by atoms with Crippen LogP contribution in [0, 0.1) is 11.8 Å². The summed E-state index contributed by atoms with van der Waals surface area (Å²) in [5.41, 5.74) is 0.996. The lowest BCUT2D eigenvalue weighted by Gasteiger charge is -2.43. The third kappa shape index (κ3) is 2.75. The van der Waals surface area contributed by atoms with Gasteiger partial charge < -0.3 is 14.7 Å². The van der Waals surface area contributed by atoms with Gasteiger partial charge in [0.1, 0.15) is 5.75 Å². The minimum absolute atomic E-state index is 0.293. The van der Waals surface area contributed by atoms with Gasteiger partial charge in [-0.1, -0.05) is 26.0 Å². The number of carboxylic acids is 1. The molecule has 0 atom stereocenters. The summed E-state index contributed by atoms with van der Waals surface area (Å²) in [5, 5.41) is 8.65. The first kappa shape index (κ1) is 12.7. The third-order valence-corrected chi connectivity index (χ3v) is 3.41. The Hall–Kier alpha value is -1.71. The predicted molar refractivity (Wildman–Crippen MR) is 70.1 cm³/mol. The molecule has 4 nitrogen and oxygen atoms in total. The van der Waals surface area contributed by atoms with Crippen LogP contribution in [0.4, 0.5) is 5.69 Å². The quantitative estimate of drug-likeness (QED) is 0.869. The Morgan fingerprint density at radius 3 is 2.72 bits per heavy atom. The molecule has 1 aromatic rings. The first-order valence-electron chi connectivity index (χ1n) is 6.26. The van der Waals surface area contributed by atoms with Gasteiger partial charge in [0, 0.05) is 13.1 Å². The van der Waals surface area contributed by atoms with Crippen molar-refractivity contribution in [1.29, 1.82) is 0 Å². The molecule has 18 heavy (non-hydrogen) atoms. The number of benzene rings is 1. The fourth-order valence-corrected chi connectivity index (χ4v) is 2.11. The van der Waals surface area contributed by atoms with Crippen LogP contribution >= 0.6 is 0 Å². The standard InChI is InChI=1S/C14H19NO3/c1-10(2)11-7-15(8-11)12-5-3-4-6-13(12)18-9-14(16)17/h3-6,10-11H,7-9H2,1-2H3,(H,16,17). The van der Waals surface area contributed by atoms with E-state index in [0.717, 1.165) is 24.7 Å². The normalized spacial score (nSPS) is 15.6. The van der Waals surface area contributed by atoms with Gasteiger partial charge in [-0.2, -0.15) is 0 Å². The molecule has 0 amide bonds. The van der Waals surface area contributed by atoms with Gasteiger partial charge >= 0.3 is 5.97 Å². The molecular formula is C14H19NO3. The van der Waals surface area contributed by atoms with Gasteiger partial charge in [-0.15, -0.1) is 0 Å². The number of aliphatic carboxylic acids is 1. The van der Waals surface area contributed by atoms with Gasteiger partial charge in [-0.3, -0.25) is 0 Å². The fourth-order valence-electron chi connectivity index (χ4n) is 2.11. The Kier molecular flexibility index (Phi) is 3.75. The lowest BCUT2D eigenvalue weighted by Crippen LogP contribution is -2.49. The second-order valence-electron chi connectivity index (χ2n) is 5.06. The van der Waals surface area contributed by atoms with Gasteiger partial charge in [-0.05, 0) is 24.0 Å². The summed E-state index contributed by atoms with van der Waals surface area (Å²) in [7, 11) is 0. The second-order valence-corrected chi connectivity index (χ2v) is 5.06. The van der Waals surface area contributed by atoms with Crippen LogP contribution in [-0.2, 0) is 4.79 Å². The van der Waals surface area contributed by atoms with Crippen molar-refractivity contribution in [3.05, 3.63) is 24.3 Å². The maximum Gasteiger partial charge on any atom is 0.341 e. The lowest BCUT2D eigenvalue weighted by molar-refractivity contribution is -0.139. The van der Waals surface area contributed by atoms with Gasteiger partial charge in [0.15, 0.2) is 6.61 Å². The molecule has 1 aliphatic rings. The second kappa shape index (κ2) is 5.29. The van der Waals surface area contributed by atoms with Crippen LogP contribution < -0.4 is 9.64 Å². The highest BCUT2D eigenvalue weighted by Gasteiger charge is 2.30. The summed E-state index contributed by atoms with van der Waals surface area (Å²) in [6.45, 7) is 6.21. The van der Waals surface area contributed by atoms with Crippen LogP contribution in [0.2, 0.25) is 0 Å². The highest BCUT2D eigenvalue weighted by atomic mass is 16.5. The number of rotatable bonds is 5. The van der Waals surface area contributed by atoms with Crippen LogP contribution in [0.15, 0.2) is 24.3 Å². The largest absolute Gasteiger partial charge is 0.480 e. The molecule has 0 aliphatic carbocycles. The molecule has 98 valence electrons. The summed E-state index contributed by atoms with van der Waals surface area (Å²) < 4.78 is 5.31. The smallest absolute Gasteiger partial charge is 0.341 e. The first-order chi connectivity index (χ1) is 8.58.